The molecule has 94 valence electrons. The molecular formula is C13H21N3O. The third-order valence-electron chi connectivity index (χ3n) is 2.90. The van der Waals surface area contributed by atoms with Crippen molar-refractivity contribution in [2.75, 3.05) is 18.5 Å². The molecule has 1 atom stereocenters. The summed E-state index contributed by atoms with van der Waals surface area (Å²) in [5.74, 6) is 2.19. The van der Waals surface area contributed by atoms with Crippen LogP contribution in [0.2, 0.25) is 0 Å². The molecule has 1 N–H and O–H groups in total. The Kier molecular flexibility index (Phi) is 3.94. The number of aromatic nitrogens is 2. The number of rotatable bonds is 3. The van der Waals surface area contributed by atoms with E-state index in [1.807, 2.05) is 13.0 Å². The molecule has 2 heterocycles. The number of ether oxygens (including phenoxy) is 1. The van der Waals surface area contributed by atoms with E-state index in [4.69, 9.17) is 4.74 Å². The summed E-state index contributed by atoms with van der Waals surface area (Å²) in [6.45, 7) is 7.90. The van der Waals surface area contributed by atoms with Crippen molar-refractivity contribution in [3.63, 3.8) is 0 Å². The molecule has 0 saturated carbocycles. The van der Waals surface area contributed by atoms with Crippen molar-refractivity contribution < 1.29 is 4.74 Å². The average Bonchev–Trinajstić information content (AvgIpc) is 2.29. The first kappa shape index (κ1) is 12.3. The van der Waals surface area contributed by atoms with E-state index in [-0.39, 0.29) is 0 Å². The smallest absolute Gasteiger partial charge is 0.133 e. The third kappa shape index (κ3) is 3.40. The summed E-state index contributed by atoms with van der Waals surface area (Å²) >= 11 is 0. The van der Waals surface area contributed by atoms with E-state index in [2.05, 4.69) is 29.1 Å². The number of nitrogens with one attached hydrogen (secondary N) is 1. The molecule has 1 aromatic rings. The number of hydrogen-bond acceptors (Lipinski definition) is 4. The van der Waals surface area contributed by atoms with Gasteiger partial charge >= 0.3 is 0 Å². The van der Waals surface area contributed by atoms with Crippen molar-refractivity contribution in [2.24, 2.45) is 0 Å². The lowest BCUT2D eigenvalue weighted by Crippen LogP contribution is -2.30. The highest BCUT2D eigenvalue weighted by atomic mass is 16.5. The molecule has 2 rings (SSSR count). The molecule has 1 fully saturated rings. The fourth-order valence-electron chi connectivity index (χ4n) is 1.99. The molecule has 1 aliphatic heterocycles. The number of anilines is 1. The molecule has 1 aliphatic rings. The monoisotopic (exact) mass is 235 g/mol. The van der Waals surface area contributed by atoms with Crippen LogP contribution in [0, 0.1) is 6.92 Å². The summed E-state index contributed by atoms with van der Waals surface area (Å²) in [6, 6.07) is 2.39. The molecule has 0 bridgehead atoms. The van der Waals surface area contributed by atoms with Gasteiger partial charge in [-0.05, 0) is 19.8 Å². The van der Waals surface area contributed by atoms with Crippen LogP contribution in [0.5, 0.6) is 0 Å². The van der Waals surface area contributed by atoms with Crippen LogP contribution in [0.1, 0.15) is 44.1 Å². The zero-order chi connectivity index (χ0) is 12.3. The second-order valence-corrected chi connectivity index (χ2v) is 4.97. The summed E-state index contributed by atoms with van der Waals surface area (Å²) in [5.41, 5.74) is 1.02. The predicted octanol–water partition coefficient (Wildman–Crippen LogP) is 2.50. The summed E-state index contributed by atoms with van der Waals surface area (Å²) in [7, 11) is 0. The van der Waals surface area contributed by atoms with Crippen molar-refractivity contribution in [3.05, 3.63) is 17.6 Å². The van der Waals surface area contributed by atoms with Crippen LogP contribution in [0.3, 0.4) is 0 Å². The van der Waals surface area contributed by atoms with E-state index in [0.29, 0.717) is 12.0 Å². The minimum atomic E-state index is 0.359. The molecule has 0 radical (unpaired) electrons. The van der Waals surface area contributed by atoms with Gasteiger partial charge in [0.2, 0.25) is 0 Å². The van der Waals surface area contributed by atoms with Crippen molar-refractivity contribution in [2.45, 2.75) is 45.6 Å². The fraction of sp³-hybridized carbons (Fsp3) is 0.692. The van der Waals surface area contributed by atoms with Gasteiger partial charge in [0.25, 0.3) is 0 Å². The first-order valence-corrected chi connectivity index (χ1v) is 6.35. The molecule has 1 unspecified atom stereocenters. The Morgan fingerprint density at radius 2 is 2.24 bits per heavy atom. The average molecular weight is 235 g/mol. The van der Waals surface area contributed by atoms with E-state index in [1.165, 1.54) is 0 Å². The van der Waals surface area contributed by atoms with Crippen LogP contribution in [0.25, 0.3) is 0 Å². The third-order valence-corrected chi connectivity index (χ3v) is 2.90. The Labute approximate surface area is 103 Å². The minimum absolute atomic E-state index is 0.359. The van der Waals surface area contributed by atoms with Crippen molar-refractivity contribution >= 4 is 5.82 Å². The van der Waals surface area contributed by atoms with Gasteiger partial charge in [-0.15, -0.1) is 0 Å². The normalized spacial score (nSPS) is 20.6. The maximum absolute atomic E-state index is 5.46. The summed E-state index contributed by atoms with van der Waals surface area (Å²) in [6.07, 6.45) is 2.28. The molecule has 0 amide bonds. The second-order valence-electron chi connectivity index (χ2n) is 4.97. The SMILES string of the molecule is Cc1cc(NC2CCCOC2)nc(C(C)C)n1. The zero-order valence-electron chi connectivity index (χ0n) is 10.9. The molecule has 17 heavy (non-hydrogen) atoms. The maximum atomic E-state index is 5.46. The van der Waals surface area contributed by atoms with Gasteiger partial charge in [-0.2, -0.15) is 0 Å². The first-order chi connectivity index (χ1) is 8.15. The van der Waals surface area contributed by atoms with Crippen molar-refractivity contribution in [1.82, 2.24) is 9.97 Å². The van der Waals surface area contributed by atoms with Crippen molar-refractivity contribution in [3.8, 4) is 0 Å². The standard InChI is InChI=1S/C13H21N3O/c1-9(2)13-14-10(3)7-12(16-13)15-11-5-4-6-17-8-11/h7,9,11H,4-6,8H2,1-3H3,(H,14,15,16). The van der Waals surface area contributed by atoms with Gasteiger partial charge < -0.3 is 10.1 Å². The van der Waals surface area contributed by atoms with Crippen molar-refractivity contribution in [1.29, 1.82) is 0 Å². The van der Waals surface area contributed by atoms with E-state index in [1.54, 1.807) is 0 Å². The molecular weight excluding hydrogens is 214 g/mol. The van der Waals surface area contributed by atoms with Gasteiger partial charge in [0.05, 0.1) is 12.6 Å². The zero-order valence-corrected chi connectivity index (χ0v) is 10.9. The van der Waals surface area contributed by atoms with Gasteiger partial charge in [-0.25, -0.2) is 9.97 Å². The molecule has 1 aromatic heterocycles. The first-order valence-electron chi connectivity index (χ1n) is 6.35. The van der Waals surface area contributed by atoms with Crippen LogP contribution in [0.15, 0.2) is 6.07 Å². The van der Waals surface area contributed by atoms with E-state index in [9.17, 15) is 0 Å². The highest BCUT2D eigenvalue weighted by Crippen LogP contribution is 2.16. The molecule has 0 aliphatic carbocycles. The topological polar surface area (TPSA) is 47.0 Å². The van der Waals surface area contributed by atoms with Crippen LogP contribution >= 0.6 is 0 Å². The molecule has 4 nitrogen and oxygen atoms in total. The largest absolute Gasteiger partial charge is 0.379 e. The lowest BCUT2D eigenvalue weighted by Gasteiger charge is -2.24. The Balaban J connectivity index is 2.09. The van der Waals surface area contributed by atoms with E-state index >= 15 is 0 Å². The lowest BCUT2D eigenvalue weighted by molar-refractivity contribution is 0.0875. The van der Waals surface area contributed by atoms with Gasteiger partial charge in [0, 0.05) is 24.3 Å². The van der Waals surface area contributed by atoms with E-state index in [0.717, 1.165) is 43.4 Å². The Morgan fingerprint density at radius 1 is 1.41 bits per heavy atom. The summed E-state index contributed by atoms with van der Waals surface area (Å²) in [5, 5.41) is 3.44. The molecule has 0 aromatic carbocycles. The van der Waals surface area contributed by atoms with Crippen LogP contribution in [-0.2, 0) is 4.74 Å². The van der Waals surface area contributed by atoms with Gasteiger partial charge in [-0.3, -0.25) is 0 Å². The predicted molar refractivity (Wildman–Crippen MR) is 68.3 cm³/mol. The Bertz CT molecular complexity index is 373. The molecule has 4 heteroatoms. The van der Waals surface area contributed by atoms with Gasteiger partial charge in [-0.1, -0.05) is 13.8 Å². The summed E-state index contributed by atoms with van der Waals surface area (Å²) < 4.78 is 5.46. The summed E-state index contributed by atoms with van der Waals surface area (Å²) in [4.78, 5) is 8.99. The van der Waals surface area contributed by atoms with Crippen LogP contribution in [0.4, 0.5) is 5.82 Å². The van der Waals surface area contributed by atoms with E-state index < -0.39 is 0 Å². The Morgan fingerprint density at radius 3 is 2.88 bits per heavy atom. The molecule has 0 spiro atoms. The maximum Gasteiger partial charge on any atom is 0.133 e. The van der Waals surface area contributed by atoms with Crippen LogP contribution < -0.4 is 5.32 Å². The van der Waals surface area contributed by atoms with Gasteiger partial charge in [0.1, 0.15) is 11.6 Å². The Hall–Kier alpha value is -1.16. The number of hydrogen-bond donors (Lipinski definition) is 1. The number of nitrogens with zero attached hydrogens (tertiary/aromatic N) is 2. The molecule has 1 saturated heterocycles. The minimum Gasteiger partial charge on any atom is -0.379 e. The highest BCUT2D eigenvalue weighted by Gasteiger charge is 2.15. The number of aryl methyl sites for hydroxylation is 1. The lowest BCUT2D eigenvalue weighted by atomic mass is 10.1. The quantitative estimate of drug-likeness (QED) is 0.874. The fourth-order valence-corrected chi connectivity index (χ4v) is 1.99. The second kappa shape index (κ2) is 5.45. The highest BCUT2D eigenvalue weighted by molar-refractivity contribution is 5.37. The van der Waals surface area contributed by atoms with Gasteiger partial charge in [0.15, 0.2) is 0 Å². The van der Waals surface area contributed by atoms with Crippen LogP contribution in [-0.4, -0.2) is 29.2 Å².